The molecule has 1 aromatic rings. The van der Waals surface area contributed by atoms with Gasteiger partial charge in [0.2, 0.25) is 0 Å². The van der Waals surface area contributed by atoms with Crippen molar-refractivity contribution in [2.75, 3.05) is 36.8 Å². The average molecular weight is 275 g/mol. The molecule has 1 aromatic carbocycles. The van der Waals surface area contributed by atoms with Crippen molar-refractivity contribution in [2.24, 2.45) is 5.92 Å². The van der Waals surface area contributed by atoms with Gasteiger partial charge in [0.15, 0.2) is 0 Å². The smallest absolute Gasteiger partial charge is 0.254 e. The van der Waals surface area contributed by atoms with E-state index in [9.17, 15) is 9.90 Å². The topological polar surface area (TPSA) is 64.6 Å². The molecule has 1 amide bonds. The number of anilines is 2. The molecule has 0 spiro atoms. The zero-order valence-corrected chi connectivity index (χ0v) is 11.7. The van der Waals surface area contributed by atoms with Crippen LogP contribution in [0, 0.1) is 5.92 Å². The summed E-state index contributed by atoms with van der Waals surface area (Å²) in [6, 6.07) is 5.69. The van der Waals surface area contributed by atoms with E-state index in [0.29, 0.717) is 12.1 Å². The molecule has 2 unspecified atom stereocenters. The number of rotatable bonds is 1. The molecule has 0 bridgehead atoms. The van der Waals surface area contributed by atoms with Crippen LogP contribution >= 0.6 is 0 Å². The van der Waals surface area contributed by atoms with Gasteiger partial charge in [-0.2, -0.15) is 0 Å². The molecule has 5 heteroatoms. The predicted molar refractivity (Wildman–Crippen MR) is 79.1 cm³/mol. The highest BCUT2D eigenvalue weighted by atomic mass is 16.3. The summed E-state index contributed by atoms with van der Waals surface area (Å²) < 4.78 is 0. The van der Waals surface area contributed by atoms with E-state index >= 15 is 0 Å². The van der Waals surface area contributed by atoms with Crippen LogP contribution < -0.4 is 10.6 Å². The molecule has 0 aromatic heterocycles. The second kappa shape index (κ2) is 5.32. The lowest BCUT2D eigenvalue weighted by Gasteiger charge is -2.34. The first-order chi connectivity index (χ1) is 9.65. The molecule has 2 aliphatic rings. The van der Waals surface area contributed by atoms with E-state index in [0.717, 1.165) is 37.4 Å². The van der Waals surface area contributed by atoms with Crippen molar-refractivity contribution in [3.05, 3.63) is 23.8 Å². The minimum atomic E-state index is -0.412. The molecular formula is C15H21N3O2. The maximum atomic E-state index is 12.5. The number of hydrogen-bond donors (Lipinski definition) is 3. The number of β-amino-alcohol motifs (C(OH)–C–C–N with tert-alkyl or cyclic N) is 1. The summed E-state index contributed by atoms with van der Waals surface area (Å²) in [5.41, 5.74) is 2.70. The first kappa shape index (κ1) is 13.2. The largest absolute Gasteiger partial charge is 0.391 e. The van der Waals surface area contributed by atoms with Crippen LogP contribution in [0.25, 0.3) is 0 Å². The fourth-order valence-electron chi connectivity index (χ4n) is 2.79. The number of benzene rings is 1. The fourth-order valence-corrected chi connectivity index (χ4v) is 2.79. The van der Waals surface area contributed by atoms with Crippen LogP contribution in [0.2, 0.25) is 0 Å². The molecule has 2 atom stereocenters. The van der Waals surface area contributed by atoms with Crippen molar-refractivity contribution < 1.29 is 9.90 Å². The van der Waals surface area contributed by atoms with Gasteiger partial charge in [-0.05, 0) is 30.5 Å². The normalized spacial score (nSPS) is 25.4. The first-order valence-corrected chi connectivity index (χ1v) is 7.24. The Labute approximate surface area is 119 Å². The Bertz CT molecular complexity index is 518. The van der Waals surface area contributed by atoms with Crippen LogP contribution in [0.5, 0.6) is 0 Å². The predicted octanol–water partition coefficient (Wildman–Crippen LogP) is 1.37. The number of likely N-dealkylation sites (tertiary alicyclic amines) is 1. The number of hydrogen-bond acceptors (Lipinski definition) is 4. The Morgan fingerprint density at radius 2 is 2.05 bits per heavy atom. The summed E-state index contributed by atoms with van der Waals surface area (Å²) in [7, 11) is 0. The molecule has 20 heavy (non-hydrogen) atoms. The lowest BCUT2D eigenvalue weighted by Crippen LogP contribution is -2.45. The molecule has 5 nitrogen and oxygen atoms in total. The van der Waals surface area contributed by atoms with Crippen molar-refractivity contribution >= 4 is 17.3 Å². The van der Waals surface area contributed by atoms with Crippen LogP contribution in [0.15, 0.2) is 18.2 Å². The maximum absolute atomic E-state index is 12.5. The van der Waals surface area contributed by atoms with Crippen LogP contribution in [0.1, 0.15) is 23.7 Å². The third kappa shape index (κ3) is 2.45. The van der Waals surface area contributed by atoms with Gasteiger partial charge in [-0.1, -0.05) is 6.92 Å². The molecule has 2 heterocycles. The summed E-state index contributed by atoms with van der Waals surface area (Å²) >= 11 is 0. The van der Waals surface area contributed by atoms with Crippen molar-refractivity contribution in [2.45, 2.75) is 19.4 Å². The van der Waals surface area contributed by atoms with Gasteiger partial charge in [-0.25, -0.2) is 0 Å². The zero-order valence-electron chi connectivity index (χ0n) is 11.7. The standard InChI is InChI=1S/C15H21N3O2/c1-10-4-7-18(9-14(10)19)15(20)11-2-3-12-13(8-11)17-6-5-16-12/h2-3,8,10,14,16-17,19H,4-7,9H2,1H3. The van der Waals surface area contributed by atoms with Gasteiger partial charge in [-0.15, -0.1) is 0 Å². The van der Waals surface area contributed by atoms with Gasteiger partial charge in [0.1, 0.15) is 0 Å². The van der Waals surface area contributed by atoms with E-state index < -0.39 is 6.10 Å². The molecule has 1 fully saturated rings. The van der Waals surface area contributed by atoms with E-state index in [1.165, 1.54) is 0 Å². The lowest BCUT2D eigenvalue weighted by molar-refractivity contribution is 0.0249. The quantitative estimate of drug-likeness (QED) is 0.724. The number of aliphatic hydroxyl groups excluding tert-OH is 1. The molecule has 0 aliphatic carbocycles. The number of fused-ring (bicyclic) bond motifs is 1. The van der Waals surface area contributed by atoms with Gasteiger partial charge in [0.05, 0.1) is 17.5 Å². The second-order valence-electron chi connectivity index (χ2n) is 5.70. The summed E-state index contributed by atoms with van der Waals surface area (Å²) in [4.78, 5) is 14.3. The molecule has 3 rings (SSSR count). The van der Waals surface area contributed by atoms with Crippen LogP contribution in [-0.2, 0) is 0 Å². The first-order valence-electron chi connectivity index (χ1n) is 7.24. The number of piperidine rings is 1. The molecule has 3 N–H and O–H groups in total. The zero-order chi connectivity index (χ0) is 14.1. The number of nitrogens with zero attached hydrogens (tertiary/aromatic N) is 1. The highest BCUT2D eigenvalue weighted by molar-refractivity contribution is 5.96. The number of carbonyl (C=O) groups is 1. The lowest BCUT2D eigenvalue weighted by atomic mass is 9.95. The van der Waals surface area contributed by atoms with E-state index in [2.05, 4.69) is 10.6 Å². The second-order valence-corrected chi connectivity index (χ2v) is 5.70. The Morgan fingerprint density at radius 3 is 2.80 bits per heavy atom. The number of carbonyl (C=O) groups excluding carboxylic acids is 1. The highest BCUT2D eigenvalue weighted by Gasteiger charge is 2.28. The van der Waals surface area contributed by atoms with Crippen LogP contribution in [0.4, 0.5) is 11.4 Å². The van der Waals surface area contributed by atoms with E-state index in [1.54, 1.807) is 4.90 Å². The van der Waals surface area contributed by atoms with Crippen molar-refractivity contribution in [3.8, 4) is 0 Å². The molecular weight excluding hydrogens is 254 g/mol. The van der Waals surface area contributed by atoms with Gasteiger partial charge < -0.3 is 20.6 Å². The van der Waals surface area contributed by atoms with Crippen molar-refractivity contribution in [3.63, 3.8) is 0 Å². The number of aliphatic hydroxyl groups is 1. The van der Waals surface area contributed by atoms with Crippen LogP contribution in [-0.4, -0.2) is 48.2 Å². The van der Waals surface area contributed by atoms with E-state index in [1.807, 2.05) is 25.1 Å². The van der Waals surface area contributed by atoms with E-state index in [4.69, 9.17) is 0 Å². The third-order valence-electron chi connectivity index (χ3n) is 4.23. The van der Waals surface area contributed by atoms with Gasteiger partial charge in [0, 0.05) is 31.7 Å². The number of nitrogens with one attached hydrogen (secondary N) is 2. The Balaban J connectivity index is 1.77. The Hall–Kier alpha value is -1.75. The minimum Gasteiger partial charge on any atom is -0.391 e. The fraction of sp³-hybridized carbons (Fsp3) is 0.533. The maximum Gasteiger partial charge on any atom is 0.254 e. The summed E-state index contributed by atoms with van der Waals surface area (Å²) in [5.74, 6) is 0.277. The molecule has 2 aliphatic heterocycles. The van der Waals surface area contributed by atoms with Gasteiger partial charge in [0.25, 0.3) is 5.91 Å². The van der Waals surface area contributed by atoms with Gasteiger partial charge in [-0.3, -0.25) is 4.79 Å². The molecule has 0 radical (unpaired) electrons. The monoisotopic (exact) mass is 275 g/mol. The van der Waals surface area contributed by atoms with Gasteiger partial charge >= 0.3 is 0 Å². The summed E-state index contributed by atoms with van der Waals surface area (Å²) in [6.45, 7) is 4.95. The third-order valence-corrected chi connectivity index (χ3v) is 4.23. The summed E-state index contributed by atoms with van der Waals surface area (Å²) in [6.07, 6.45) is 0.447. The molecule has 1 saturated heterocycles. The highest BCUT2D eigenvalue weighted by Crippen LogP contribution is 2.27. The van der Waals surface area contributed by atoms with Crippen LogP contribution in [0.3, 0.4) is 0 Å². The molecule has 108 valence electrons. The summed E-state index contributed by atoms with van der Waals surface area (Å²) in [5, 5.41) is 16.5. The SMILES string of the molecule is CC1CCN(C(=O)c2ccc3c(c2)NCCN3)CC1O. The van der Waals surface area contributed by atoms with Crippen molar-refractivity contribution in [1.82, 2.24) is 4.90 Å². The number of amides is 1. The van der Waals surface area contributed by atoms with E-state index in [-0.39, 0.29) is 11.8 Å². The Kier molecular flexibility index (Phi) is 3.53. The minimum absolute atomic E-state index is 0.00567. The average Bonchev–Trinajstić information content (AvgIpc) is 2.49. The molecule has 0 saturated carbocycles. The van der Waals surface area contributed by atoms with Crippen molar-refractivity contribution in [1.29, 1.82) is 0 Å². The Morgan fingerprint density at radius 1 is 1.30 bits per heavy atom.